The SMILES string of the molecule is NC1=CC(=NC=S(=O)=O)CC(C(=O)O)=C1. The van der Waals surface area contributed by atoms with Crippen LogP contribution in [-0.4, -0.2) is 30.7 Å². The smallest absolute Gasteiger partial charge is 0.332 e. The van der Waals surface area contributed by atoms with E-state index in [0.717, 1.165) is 0 Å². The summed E-state index contributed by atoms with van der Waals surface area (Å²) in [6.45, 7) is 0. The van der Waals surface area contributed by atoms with Crippen molar-refractivity contribution in [2.75, 3.05) is 0 Å². The highest BCUT2D eigenvalue weighted by molar-refractivity contribution is 7.71. The van der Waals surface area contributed by atoms with Crippen LogP contribution < -0.4 is 5.73 Å². The maximum absolute atomic E-state index is 10.6. The number of carbonyl (C=O) groups is 1. The second kappa shape index (κ2) is 4.56. The summed E-state index contributed by atoms with van der Waals surface area (Å²) >= 11 is 0. The molecule has 0 unspecified atom stereocenters. The van der Waals surface area contributed by atoms with E-state index in [1.54, 1.807) is 0 Å². The monoisotopic (exact) mass is 228 g/mol. The lowest BCUT2D eigenvalue weighted by atomic mass is 10.0. The first-order valence-electron chi connectivity index (χ1n) is 3.88. The van der Waals surface area contributed by atoms with E-state index in [0.29, 0.717) is 11.2 Å². The second-order valence-electron chi connectivity index (χ2n) is 2.78. The summed E-state index contributed by atoms with van der Waals surface area (Å²) in [7, 11) is -2.40. The number of rotatable bonds is 2. The molecule has 0 bridgehead atoms. The van der Waals surface area contributed by atoms with Crippen molar-refractivity contribution in [2.24, 2.45) is 10.7 Å². The Kier molecular flexibility index (Phi) is 3.40. The Hall–Kier alpha value is -1.89. The summed E-state index contributed by atoms with van der Waals surface area (Å²) in [4.78, 5) is 14.2. The molecule has 0 aliphatic heterocycles. The van der Waals surface area contributed by atoms with Gasteiger partial charge in [0.05, 0.1) is 0 Å². The van der Waals surface area contributed by atoms with Gasteiger partial charge < -0.3 is 10.8 Å². The Morgan fingerprint density at radius 1 is 1.53 bits per heavy atom. The molecule has 0 aromatic rings. The van der Waals surface area contributed by atoms with Gasteiger partial charge in [0.2, 0.25) is 10.3 Å². The fraction of sp³-hybridized carbons (Fsp3) is 0.125. The summed E-state index contributed by atoms with van der Waals surface area (Å²) in [5.74, 6) is -1.10. The van der Waals surface area contributed by atoms with Crippen LogP contribution in [-0.2, 0) is 15.1 Å². The predicted octanol–water partition coefficient (Wildman–Crippen LogP) is -0.677. The highest BCUT2D eigenvalue weighted by Crippen LogP contribution is 2.12. The molecule has 0 aromatic carbocycles. The maximum atomic E-state index is 10.6. The quantitative estimate of drug-likeness (QED) is 0.609. The molecule has 0 fully saturated rings. The van der Waals surface area contributed by atoms with Gasteiger partial charge in [-0.25, -0.2) is 9.79 Å². The zero-order valence-electron chi connectivity index (χ0n) is 7.54. The number of carboxylic acids is 1. The van der Waals surface area contributed by atoms with E-state index in [4.69, 9.17) is 10.8 Å². The number of nitrogens with two attached hydrogens (primary N) is 1. The van der Waals surface area contributed by atoms with Crippen LogP contribution in [0.5, 0.6) is 0 Å². The summed E-state index contributed by atoms with van der Waals surface area (Å²) in [5.41, 5.74) is 6.75. The maximum Gasteiger partial charge on any atom is 0.332 e. The summed E-state index contributed by atoms with van der Waals surface area (Å²) in [5, 5.41) is 8.71. The van der Waals surface area contributed by atoms with Crippen molar-refractivity contribution in [1.82, 2.24) is 0 Å². The molecule has 1 aliphatic carbocycles. The number of carboxylic acid groups (broad SMARTS) is 1. The molecule has 15 heavy (non-hydrogen) atoms. The van der Waals surface area contributed by atoms with Gasteiger partial charge in [-0.2, -0.15) is 8.42 Å². The molecular formula is C8H8N2O4S. The van der Waals surface area contributed by atoms with Crippen LogP contribution in [0.15, 0.2) is 28.4 Å². The van der Waals surface area contributed by atoms with Gasteiger partial charge in [0.15, 0.2) is 0 Å². The third kappa shape index (κ3) is 3.39. The molecule has 0 radical (unpaired) electrons. The van der Waals surface area contributed by atoms with Gasteiger partial charge in [-0.1, -0.05) is 0 Å². The van der Waals surface area contributed by atoms with Gasteiger partial charge in [-0.15, -0.1) is 0 Å². The third-order valence-corrected chi connectivity index (χ3v) is 1.90. The minimum atomic E-state index is -2.40. The molecule has 0 aromatic heterocycles. The minimum absolute atomic E-state index is 0.0593. The highest BCUT2D eigenvalue weighted by Gasteiger charge is 2.14. The van der Waals surface area contributed by atoms with Crippen molar-refractivity contribution in [3.05, 3.63) is 23.4 Å². The van der Waals surface area contributed by atoms with Gasteiger partial charge in [-0.3, -0.25) is 0 Å². The Labute approximate surface area is 87.0 Å². The van der Waals surface area contributed by atoms with Crippen LogP contribution in [0.1, 0.15) is 6.42 Å². The number of aliphatic imine (C=N–C) groups is 1. The number of allylic oxidation sites excluding steroid dienone is 2. The minimum Gasteiger partial charge on any atom is -0.478 e. The normalized spacial score (nSPS) is 18.0. The molecule has 0 amide bonds. The van der Waals surface area contributed by atoms with Crippen LogP contribution in [0.2, 0.25) is 0 Å². The van der Waals surface area contributed by atoms with E-state index in [-0.39, 0.29) is 17.7 Å². The van der Waals surface area contributed by atoms with Gasteiger partial charge >= 0.3 is 5.97 Å². The molecule has 0 saturated carbocycles. The summed E-state index contributed by atoms with van der Waals surface area (Å²) < 4.78 is 20.4. The van der Waals surface area contributed by atoms with E-state index in [1.165, 1.54) is 12.2 Å². The molecule has 0 heterocycles. The van der Waals surface area contributed by atoms with Crippen LogP contribution in [0, 0.1) is 0 Å². The van der Waals surface area contributed by atoms with Crippen LogP contribution in [0.4, 0.5) is 0 Å². The summed E-state index contributed by atoms with van der Waals surface area (Å²) in [6.07, 6.45) is 2.80. The van der Waals surface area contributed by atoms with Crippen molar-refractivity contribution < 1.29 is 18.3 Å². The van der Waals surface area contributed by atoms with Gasteiger partial charge in [0.1, 0.15) is 5.49 Å². The van der Waals surface area contributed by atoms with Crippen molar-refractivity contribution in [1.29, 1.82) is 0 Å². The molecule has 0 atom stereocenters. The number of hydrogen-bond acceptors (Lipinski definition) is 4. The zero-order chi connectivity index (χ0) is 11.4. The molecule has 0 saturated heterocycles. The standard InChI is InChI=1S/C8H8N2O4S/c9-6-1-5(8(11)12)2-7(3-6)10-4-15(13)14/h1,3-4H,2,9H2,(H,11,12). The predicted molar refractivity (Wildman–Crippen MR) is 55.0 cm³/mol. The van der Waals surface area contributed by atoms with E-state index in [1.807, 2.05) is 0 Å². The molecule has 0 spiro atoms. The zero-order valence-corrected chi connectivity index (χ0v) is 8.36. The molecular weight excluding hydrogens is 220 g/mol. The molecule has 7 heteroatoms. The van der Waals surface area contributed by atoms with Crippen LogP contribution in [0.3, 0.4) is 0 Å². The van der Waals surface area contributed by atoms with E-state index in [9.17, 15) is 13.2 Å². The van der Waals surface area contributed by atoms with Crippen molar-refractivity contribution in [2.45, 2.75) is 6.42 Å². The molecule has 1 rings (SSSR count). The average molecular weight is 228 g/mol. The lowest BCUT2D eigenvalue weighted by Crippen LogP contribution is -2.14. The molecule has 6 nitrogen and oxygen atoms in total. The largest absolute Gasteiger partial charge is 0.478 e. The number of aliphatic carboxylic acids is 1. The number of nitrogens with zero attached hydrogens (tertiary/aromatic N) is 1. The van der Waals surface area contributed by atoms with Crippen molar-refractivity contribution in [3.63, 3.8) is 0 Å². The Morgan fingerprint density at radius 3 is 2.73 bits per heavy atom. The third-order valence-electron chi connectivity index (χ3n) is 1.63. The topological polar surface area (TPSA) is 110 Å². The van der Waals surface area contributed by atoms with E-state index in [2.05, 4.69) is 4.99 Å². The average Bonchev–Trinajstić information content (AvgIpc) is 2.13. The Morgan fingerprint density at radius 2 is 2.20 bits per heavy atom. The van der Waals surface area contributed by atoms with Gasteiger partial charge in [-0.05, 0) is 12.2 Å². The van der Waals surface area contributed by atoms with Crippen LogP contribution >= 0.6 is 0 Å². The van der Waals surface area contributed by atoms with Gasteiger partial charge in [0.25, 0.3) is 0 Å². The number of hydrogen-bond donors (Lipinski definition) is 2. The Bertz CT molecular complexity index is 503. The lowest BCUT2D eigenvalue weighted by molar-refractivity contribution is -0.132. The van der Waals surface area contributed by atoms with Gasteiger partial charge in [0, 0.05) is 23.4 Å². The molecule has 1 aliphatic rings. The van der Waals surface area contributed by atoms with Crippen LogP contribution in [0.25, 0.3) is 0 Å². The fourth-order valence-electron chi connectivity index (χ4n) is 1.06. The molecule has 80 valence electrons. The van der Waals surface area contributed by atoms with Crippen molar-refractivity contribution >= 4 is 27.5 Å². The first-order valence-corrected chi connectivity index (χ1v) is 5.02. The Balaban J connectivity index is 3.02. The molecule has 3 N–H and O–H groups in total. The second-order valence-corrected chi connectivity index (χ2v) is 3.51. The van der Waals surface area contributed by atoms with E-state index >= 15 is 0 Å². The van der Waals surface area contributed by atoms with Crippen molar-refractivity contribution in [3.8, 4) is 0 Å². The first-order chi connectivity index (χ1) is 6.99. The highest BCUT2D eigenvalue weighted by atomic mass is 32.2. The lowest BCUT2D eigenvalue weighted by Gasteiger charge is -2.08. The van der Waals surface area contributed by atoms with E-state index < -0.39 is 16.3 Å². The first kappa shape index (κ1) is 11.2. The fourth-order valence-corrected chi connectivity index (χ4v) is 1.28. The summed E-state index contributed by atoms with van der Waals surface area (Å²) in [6, 6.07) is 0.